The number of hydrogen-bond donors (Lipinski definition) is 2. The molecule has 0 saturated heterocycles. The highest BCUT2D eigenvalue weighted by Crippen LogP contribution is 2.36. The lowest BCUT2D eigenvalue weighted by Gasteiger charge is -2.26. The molecule has 2 N–H and O–H groups in total. The summed E-state index contributed by atoms with van der Waals surface area (Å²) in [4.78, 5) is 2.17. The van der Waals surface area contributed by atoms with E-state index in [0.717, 1.165) is 33.8 Å². The van der Waals surface area contributed by atoms with Gasteiger partial charge in [-0.15, -0.1) is 0 Å². The van der Waals surface area contributed by atoms with Crippen LogP contribution in [0.15, 0.2) is 158 Å². The largest absolute Gasteiger partial charge is 0.488 e. The summed E-state index contributed by atoms with van der Waals surface area (Å²) in [5.41, 5.74) is 10.4. The Bertz CT molecular complexity index is 1670. The predicted molar refractivity (Wildman–Crippen MR) is 167 cm³/mol. The summed E-state index contributed by atoms with van der Waals surface area (Å²) < 4.78 is 0. The van der Waals surface area contributed by atoms with E-state index in [1.165, 1.54) is 16.7 Å². The van der Waals surface area contributed by atoms with Crippen LogP contribution >= 0.6 is 0 Å². The van der Waals surface area contributed by atoms with Crippen molar-refractivity contribution in [2.24, 2.45) is 0 Å². The second kappa shape index (κ2) is 11.5. The fraction of sp³-hybridized carbons (Fsp3) is 0. The van der Waals surface area contributed by atoms with Crippen molar-refractivity contribution in [3.63, 3.8) is 0 Å². The zero-order valence-corrected chi connectivity index (χ0v) is 21.9. The fourth-order valence-corrected chi connectivity index (χ4v) is 4.96. The van der Waals surface area contributed by atoms with Crippen LogP contribution in [0.2, 0.25) is 0 Å². The maximum absolute atomic E-state index is 9.59. The van der Waals surface area contributed by atoms with E-state index >= 15 is 0 Å². The lowest BCUT2D eigenvalue weighted by molar-refractivity contribution is 0.426. The Kier molecular flexibility index (Phi) is 7.27. The van der Waals surface area contributed by atoms with Gasteiger partial charge in [0, 0.05) is 17.1 Å². The molecule has 0 aliphatic heterocycles. The molecule has 0 bridgehead atoms. The number of nitrogens with zero attached hydrogens (tertiary/aromatic N) is 1. The molecule has 0 fully saturated rings. The molecule has 6 aromatic carbocycles. The van der Waals surface area contributed by atoms with Crippen LogP contribution in [0.25, 0.3) is 33.4 Å². The highest BCUT2D eigenvalue weighted by atomic mass is 16.4. The van der Waals surface area contributed by atoms with Crippen molar-refractivity contribution >= 4 is 29.6 Å². The van der Waals surface area contributed by atoms with Crippen molar-refractivity contribution in [3.8, 4) is 33.4 Å². The zero-order valence-electron chi connectivity index (χ0n) is 21.9. The maximum atomic E-state index is 9.59. The van der Waals surface area contributed by atoms with E-state index in [-0.39, 0.29) is 0 Å². The van der Waals surface area contributed by atoms with Gasteiger partial charge >= 0.3 is 7.12 Å². The molecule has 0 aromatic heterocycles. The average Bonchev–Trinajstić information content (AvgIpc) is 3.03. The Morgan fingerprint density at radius 2 is 0.600 bits per heavy atom. The number of rotatable bonds is 7. The first-order valence-corrected chi connectivity index (χ1v) is 13.3. The molecule has 0 atom stereocenters. The van der Waals surface area contributed by atoms with Crippen LogP contribution in [-0.4, -0.2) is 17.2 Å². The van der Waals surface area contributed by atoms with Crippen LogP contribution in [0.3, 0.4) is 0 Å². The van der Waals surface area contributed by atoms with Crippen LogP contribution in [-0.2, 0) is 0 Å². The molecule has 0 amide bonds. The normalized spacial score (nSPS) is 10.8. The first-order valence-electron chi connectivity index (χ1n) is 13.3. The van der Waals surface area contributed by atoms with Gasteiger partial charge in [0.05, 0.1) is 0 Å². The Balaban J connectivity index is 1.32. The average molecular weight is 517 g/mol. The summed E-state index contributed by atoms with van der Waals surface area (Å²) in [6, 6.07) is 53.7. The first-order chi connectivity index (χ1) is 19.7. The fourth-order valence-electron chi connectivity index (χ4n) is 4.96. The zero-order chi connectivity index (χ0) is 27.3. The van der Waals surface area contributed by atoms with Gasteiger partial charge in [-0.05, 0) is 75.2 Å². The van der Waals surface area contributed by atoms with Crippen molar-refractivity contribution < 1.29 is 10.0 Å². The minimum atomic E-state index is -1.50. The monoisotopic (exact) mass is 517 g/mol. The molecule has 40 heavy (non-hydrogen) atoms. The van der Waals surface area contributed by atoms with Crippen LogP contribution < -0.4 is 10.4 Å². The highest BCUT2D eigenvalue weighted by Gasteiger charge is 2.16. The minimum absolute atomic E-state index is 0.456. The lowest BCUT2D eigenvalue weighted by Crippen LogP contribution is -2.29. The summed E-state index contributed by atoms with van der Waals surface area (Å²) in [6.07, 6.45) is 0. The summed E-state index contributed by atoms with van der Waals surface area (Å²) >= 11 is 0. The molecule has 0 radical (unpaired) electrons. The smallest absolute Gasteiger partial charge is 0.423 e. The van der Waals surface area contributed by atoms with Gasteiger partial charge in [-0.1, -0.05) is 121 Å². The van der Waals surface area contributed by atoms with Crippen LogP contribution in [0.1, 0.15) is 0 Å². The quantitative estimate of drug-likeness (QED) is 0.212. The number of benzene rings is 6. The first kappa shape index (κ1) is 25.4. The van der Waals surface area contributed by atoms with Crippen molar-refractivity contribution in [2.45, 2.75) is 0 Å². The van der Waals surface area contributed by atoms with Gasteiger partial charge in [0.1, 0.15) is 0 Å². The third-order valence-electron chi connectivity index (χ3n) is 7.13. The second-order valence-electron chi connectivity index (χ2n) is 9.70. The van der Waals surface area contributed by atoms with Gasteiger partial charge in [0.25, 0.3) is 0 Å². The summed E-state index contributed by atoms with van der Waals surface area (Å²) in [5.74, 6) is 0. The van der Waals surface area contributed by atoms with E-state index in [0.29, 0.717) is 5.46 Å². The molecule has 6 rings (SSSR count). The molecule has 0 aliphatic carbocycles. The van der Waals surface area contributed by atoms with Gasteiger partial charge in [0.2, 0.25) is 0 Å². The Hall–Kier alpha value is -4.90. The van der Waals surface area contributed by atoms with Crippen molar-refractivity contribution in [2.75, 3.05) is 4.90 Å². The SMILES string of the molecule is OB(O)c1ccc(N(c2ccc(-c3ccccc3)cc2)c2ccc(-c3ccc(-c4ccccc4)cc3)cc2)cc1. The van der Waals surface area contributed by atoms with E-state index in [9.17, 15) is 10.0 Å². The van der Waals surface area contributed by atoms with E-state index in [2.05, 4.69) is 114 Å². The third-order valence-corrected chi connectivity index (χ3v) is 7.13. The Morgan fingerprint density at radius 3 is 0.925 bits per heavy atom. The molecule has 0 aliphatic rings. The molecular weight excluding hydrogens is 489 g/mol. The molecular formula is C36H28BNO2. The molecule has 0 unspecified atom stereocenters. The second-order valence-corrected chi connectivity index (χ2v) is 9.70. The molecule has 3 nitrogen and oxygen atoms in total. The van der Waals surface area contributed by atoms with Crippen molar-refractivity contribution in [3.05, 3.63) is 158 Å². The summed E-state index contributed by atoms with van der Waals surface area (Å²) in [7, 11) is -1.50. The Morgan fingerprint density at radius 1 is 0.325 bits per heavy atom. The van der Waals surface area contributed by atoms with Crippen LogP contribution in [0, 0.1) is 0 Å². The van der Waals surface area contributed by atoms with E-state index in [1.807, 2.05) is 36.4 Å². The molecule has 0 spiro atoms. The maximum Gasteiger partial charge on any atom is 0.488 e. The van der Waals surface area contributed by atoms with E-state index < -0.39 is 7.12 Å². The molecule has 4 heteroatoms. The Labute approximate surface area is 235 Å². The standard InChI is InChI=1S/C36H28BNO2/c39-37(40)33-19-25-36(26-20-33)38(34-21-15-31(16-22-34)28-9-5-2-6-10-28)35-23-17-32(18-24-35)30-13-11-29(12-14-30)27-7-3-1-4-8-27/h1-26,39-40H. The summed E-state index contributed by atoms with van der Waals surface area (Å²) in [5, 5.41) is 19.2. The van der Waals surface area contributed by atoms with Gasteiger partial charge in [-0.2, -0.15) is 0 Å². The van der Waals surface area contributed by atoms with Gasteiger partial charge < -0.3 is 14.9 Å². The molecule has 6 aromatic rings. The highest BCUT2D eigenvalue weighted by molar-refractivity contribution is 6.58. The van der Waals surface area contributed by atoms with Crippen molar-refractivity contribution in [1.82, 2.24) is 0 Å². The summed E-state index contributed by atoms with van der Waals surface area (Å²) in [6.45, 7) is 0. The molecule has 0 heterocycles. The molecule has 0 saturated carbocycles. The third kappa shape index (κ3) is 5.45. The minimum Gasteiger partial charge on any atom is -0.423 e. The van der Waals surface area contributed by atoms with Gasteiger partial charge in [-0.25, -0.2) is 0 Å². The van der Waals surface area contributed by atoms with Gasteiger partial charge in [0.15, 0.2) is 0 Å². The molecule has 192 valence electrons. The number of hydrogen-bond acceptors (Lipinski definition) is 3. The lowest BCUT2D eigenvalue weighted by atomic mass is 9.80. The number of anilines is 3. The van der Waals surface area contributed by atoms with Crippen LogP contribution in [0.5, 0.6) is 0 Å². The van der Waals surface area contributed by atoms with Crippen LogP contribution in [0.4, 0.5) is 17.1 Å². The van der Waals surface area contributed by atoms with E-state index in [4.69, 9.17) is 0 Å². The van der Waals surface area contributed by atoms with E-state index in [1.54, 1.807) is 12.1 Å². The predicted octanol–water partition coefficient (Wildman–Crippen LogP) is 7.84. The van der Waals surface area contributed by atoms with Gasteiger partial charge in [-0.3, -0.25) is 0 Å². The topological polar surface area (TPSA) is 43.7 Å². The van der Waals surface area contributed by atoms with Crippen molar-refractivity contribution in [1.29, 1.82) is 0 Å².